The largest absolute Gasteiger partial charge is 0.493 e. The minimum atomic E-state index is 0.169. The van der Waals surface area contributed by atoms with E-state index >= 15 is 0 Å². The second-order valence-corrected chi connectivity index (χ2v) is 5.66. The number of nitrogens with zero attached hydrogens (tertiary/aromatic N) is 1. The summed E-state index contributed by atoms with van der Waals surface area (Å²) in [7, 11) is 8.91. The third kappa shape index (κ3) is 4.21. The van der Waals surface area contributed by atoms with Gasteiger partial charge in [-0.2, -0.15) is 0 Å². The van der Waals surface area contributed by atoms with Crippen molar-refractivity contribution in [3.8, 4) is 17.2 Å². The number of hydrogen-bond donors (Lipinski definition) is 1. The van der Waals surface area contributed by atoms with Gasteiger partial charge in [0.05, 0.1) is 33.6 Å². The van der Waals surface area contributed by atoms with E-state index < -0.39 is 0 Å². The molecule has 2 rings (SSSR count). The number of benzene rings is 1. The van der Waals surface area contributed by atoms with Gasteiger partial charge in [-0.15, -0.1) is 0 Å². The number of nitrogens with one attached hydrogen (secondary N) is 1. The van der Waals surface area contributed by atoms with Crippen LogP contribution in [0.25, 0.3) is 0 Å². The summed E-state index contributed by atoms with van der Waals surface area (Å²) in [5, 5.41) is 3.46. The summed E-state index contributed by atoms with van der Waals surface area (Å²) >= 11 is 0. The Morgan fingerprint density at radius 3 is 2.21 bits per heavy atom. The van der Waals surface area contributed by atoms with Gasteiger partial charge < -0.3 is 23.9 Å². The van der Waals surface area contributed by atoms with Crippen molar-refractivity contribution in [1.82, 2.24) is 10.2 Å². The topological polar surface area (TPSA) is 56.1 Å². The maximum Gasteiger partial charge on any atom is 0.203 e. The van der Waals surface area contributed by atoms with E-state index in [1.807, 2.05) is 38.4 Å². The van der Waals surface area contributed by atoms with Crippen LogP contribution in [0.15, 0.2) is 34.9 Å². The Kier molecular flexibility index (Phi) is 6.52. The lowest BCUT2D eigenvalue weighted by molar-refractivity contribution is 0.250. The zero-order chi connectivity index (χ0) is 17.5. The summed E-state index contributed by atoms with van der Waals surface area (Å²) in [5.41, 5.74) is 1.06. The molecular formula is C18H26N2O4. The molecule has 6 nitrogen and oxygen atoms in total. The molecule has 0 spiro atoms. The van der Waals surface area contributed by atoms with Crippen molar-refractivity contribution in [3.05, 3.63) is 41.9 Å². The van der Waals surface area contributed by atoms with Crippen molar-refractivity contribution in [2.24, 2.45) is 0 Å². The van der Waals surface area contributed by atoms with Gasteiger partial charge in [0.15, 0.2) is 11.5 Å². The van der Waals surface area contributed by atoms with Crippen molar-refractivity contribution in [2.45, 2.75) is 12.6 Å². The van der Waals surface area contributed by atoms with Crippen LogP contribution in [-0.2, 0) is 6.54 Å². The molecule has 2 aromatic rings. The van der Waals surface area contributed by atoms with Crippen LogP contribution in [0, 0.1) is 0 Å². The summed E-state index contributed by atoms with van der Waals surface area (Å²) in [6.07, 6.45) is 1.70. The molecule has 0 saturated carbocycles. The molecule has 1 heterocycles. The maximum atomic E-state index is 5.52. The van der Waals surface area contributed by atoms with E-state index in [1.54, 1.807) is 27.6 Å². The Morgan fingerprint density at radius 1 is 1.08 bits per heavy atom. The lowest BCUT2D eigenvalue weighted by atomic mass is 10.1. The molecule has 1 atom stereocenters. The molecule has 1 aromatic carbocycles. The molecular weight excluding hydrogens is 308 g/mol. The Bertz CT molecular complexity index is 601. The van der Waals surface area contributed by atoms with Gasteiger partial charge >= 0.3 is 0 Å². The number of ether oxygens (including phenoxy) is 3. The van der Waals surface area contributed by atoms with Crippen LogP contribution in [0.3, 0.4) is 0 Å². The molecule has 24 heavy (non-hydrogen) atoms. The molecule has 0 fully saturated rings. The van der Waals surface area contributed by atoms with E-state index in [0.29, 0.717) is 23.8 Å². The highest BCUT2D eigenvalue weighted by atomic mass is 16.5. The normalized spacial score (nSPS) is 12.2. The van der Waals surface area contributed by atoms with Crippen LogP contribution in [0.4, 0.5) is 0 Å². The zero-order valence-electron chi connectivity index (χ0n) is 15.0. The number of methoxy groups -OCH3 is 3. The molecule has 0 saturated heterocycles. The van der Waals surface area contributed by atoms with Crippen LogP contribution in [0.1, 0.15) is 17.4 Å². The molecule has 0 radical (unpaired) electrons. The van der Waals surface area contributed by atoms with Crippen molar-refractivity contribution in [2.75, 3.05) is 42.0 Å². The first kappa shape index (κ1) is 18.2. The first-order chi connectivity index (χ1) is 11.6. The van der Waals surface area contributed by atoms with E-state index in [-0.39, 0.29) is 6.04 Å². The quantitative estimate of drug-likeness (QED) is 0.761. The summed E-state index contributed by atoms with van der Waals surface area (Å²) < 4.78 is 21.6. The molecule has 6 heteroatoms. The van der Waals surface area contributed by atoms with E-state index in [9.17, 15) is 0 Å². The monoisotopic (exact) mass is 334 g/mol. The van der Waals surface area contributed by atoms with Crippen molar-refractivity contribution < 1.29 is 18.6 Å². The van der Waals surface area contributed by atoms with Crippen molar-refractivity contribution in [3.63, 3.8) is 0 Å². The van der Waals surface area contributed by atoms with Crippen molar-refractivity contribution in [1.29, 1.82) is 0 Å². The van der Waals surface area contributed by atoms with Gasteiger partial charge in [0.2, 0.25) is 5.75 Å². The smallest absolute Gasteiger partial charge is 0.203 e. The van der Waals surface area contributed by atoms with Crippen molar-refractivity contribution >= 4 is 0 Å². The lowest BCUT2D eigenvalue weighted by Crippen LogP contribution is -2.30. The van der Waals surface area contributed by atoms with Crippen LogP contribution < -0.4 is 19.5 Å². The van der Waals surface area contributed by atoms with Crippen LogP contribution in [-0.4, -0.2) is 46.9 Å². The molecule has 0 aliphatic heterocycles. The van der Waals surface area contributed by atoms with E-state index in [4.69, 9.17) is 18.6 Å². The van der Waals surface area contributed by atoms with E-state index in [1.165, 1.54) is 0 Å². The number of likely N-dealkylation sites (N-methyl/N-ethyl adjacent to an activating group) is 1. The molecule has 1 aromatic heterocycles. The summed E-state index contributed by atoms with van der Waals surface area (Å²) in [6, 6.07) is 7.97. The van der Waals surface area contributed by atoms with Gasteiger partial charge in [-0.1, -0.05) is 0 Å². The third-order valence-electron chi connectivity index (χ3n) is 3.89. The first-order valence-electron chi connectivity index (χ1n) is 7.80. The second kappa shape index (κ2) is 8.61. The lowest BCUT2D eigenvalue weighted by Gasteiger charge is -2.23. The highest BCUT2D eigenvalue weighted by Crippen LogP contribution is 2.38. The van der Waals surface area contributed by atoms with E-state index in [2.05, 4.69) is 10.2 Å². The Morgan fingerprint density at radius 2 is 1.75 bits per heavy atom. The second-order valence-electron chi connectivity index (χ2n) is 5.66. The third-order valence-corrected chi connectivity index (χ3v) is 3.89. The van der Waals surface area contributed by atoms with Gasteiger partial charge in [0, 0.05) is 13.1 Å². The van der Waals surface area contributed by atoms with Gasteiger partial charge in [0.25, 0.3) is 0 Å². The summed E-state index contributed by atoms with van der Waals surface area (Å²) in [6.45, 7) is 1.44. The Labute approximate surface area is 143 Å². The summed E-state index contributed by atoms with van der Waals surface area (Å²) in [5.74, 6) is 2.86. The molecule has 0 aliphatic rings. The Balaban J connectivity index is 2.06. The Hall–Kier alpha value is -2.18. The number of hydrogen-bond acceptors (Lipinski definition) is 6. The molecule has 0 aliphatic carbocycles. The van der Waals surface area contributed by atoms with Gasteiger partial charge in [-0.3, -0.25) is 4.90 Å². The predicted molar refractivity (Wildman–Crippen MR) is 92.9 cm³/mol. The SMILES string of the molecule is COc1cc(CNCC(c2ccco2)N(C)C)cc(OC)c1OC. The van der Waals surface area contributed by atoms with Crippen LogP contribution in [0.2, 0.25) is 0 Å². The van der Waals surface area contributed by atoms with Crippen LogP contribution in [0.5, 0.6) is 17.2 Å². The molecule has 0 amide bonds. The first-order valence-corrected chi connectivity index (χ1v) is 7.80. The number of rotatable bonds is 9. The fourth-order valence-corrected chi connectivity index (χ4v) is 2.61. The van der Waals surface area contributed by atoms with E-state index in [0.717, 1.165) is 17.9 Å². The van der Waals surface area contributed by atoms with Crippen LogP contribution >= 0.6 is 0 Å². The average Bonchev–Trinajstić information content (AvgIpc) is 3.11. The molecule has 132 valence electrons. The number of furan rings is 1. The van der Waals surface area contributed by atoms with Gasteiger partial charge in [-0.05, 0) is 43.9 Å². The maximum absolute atomic E-state index is 5.52. The zero-order valence-corrected chi connectivity index (χ0v) is 15.0. The molecule has 1 unspecified atom stereocenters. The van der Waals surface area contributed by atoms with Gasteiger partial charge in [0.1, 0.15) is 5.76 Å². The molecule has 1 N–H and O–H groups in total. The fourth-order valence-electron chi connectivity index (χ4n) is 2.61. The standard InChI is InChI=1S/C18H26N2O4/c1-20(2)14(15-7-6-8-24-15)12-19-11-13-9-16(21-3)18(23-5)17(10-13)22-4/h6-10,14,19H,11-12H2,1-5H3. The minimum Gasteiger partial charge on any atom is -0.493 e. The predicted octanol–water partition coefficient (Wildman–Crippen LogP) is 2.70. The highest BCUT2D eigenvalue weighted by molar-refractivity contribution is 5.53. The summed E-state index contributed by atoms with van der Waals surface area (Å²) in [4.78, 5) is 2.13. The minimum absolute atomic E-state index is 0.169. The molecule has 0 bridgehead atoms. The average molecular weight is 334 g/mol. The highest BCUT2D eigenvalue weighted by Gasteiger charge is 2.17. The fraction of sp³-hybridized carbons (Fsp3) is 0.444. The van der Waals surface area contributed by atoms with Gasteiger partial charge in [-0.25, -0.2) is 0 Å².